The number of nitrogens with zero attached hydrogens (tertiary/aromatic N) is 2. The maximum Gasteiger partial charge on any atom is 0.236 e. The summed E-state index contributed by atoms with van der Waals surface area (Å²) in [6, 6.07) is 14.0. The molecule has 1 atom stereocenters. The fourth-order valence-electron chi connectivity index (χ4n) is 3.98. The molecule has 0 bridgehead atoms. The highest BCUT2D eigenvalue weighted by molar-refractivity contribution is 5.78. The van der Waals surface area contributed by atoms with Crippen molar-refractivity contribution in [2.45, 2.75) is 32.4 Å². The van der Waals surface area contributed by atoms with Crippen LogP contribution in [-0.4, -0.2) is 56.7 Å². The number of rotatable bonds is 9. The van der Waals surface area contributed by atoms with Gasteiger partial charge in [0.1, 0.15) is 17.2 Å². The van der Waals surface area contributed by atoms with Crippen LogP contribution in [0.15, 0.2) is 42.5 Å². The lowest BCUT2D eigenvalue weighted by molar-refractivity contribution is -0.131. The monoisotopic (exact) mass is 412 g/mol. The molecule has 0 aliphatic carbocycles. The molecular weight excluding hydrogens is 380 g/mol. The summed E-state index contributed by atoms with van der Waals surface area (Å²) in [5, 5.41) is 0. The van der Waals surface area contributed by atoms with Crippen molar-refractivity contribution in [1.82, 2.24) is 9.80 Å². The molecule has 30 heavy (non-hydrogen) atoms. The smallest absolute Gasteiger partial charge is 0.236 e. The zero-order valence-corrected chi connectivity index (χ0v) is 18.4. The second-order valence-electron chi connectivity index (χ2n) is 7.56. The first-order valence-electron chi connectivity index (χ1n) is 10.5. The van der Waals surface area contributed by atoms with Gasteiger partial charge in [0.15, 0.2) is 0 Å². The van der Waals surface area contributed by atoms with Crippen LogP contribution in [0.3, 0.4) is 0 Å². The van der Waals surface area contributed by atoms with Gasteiger partial charge in [-0.25, -0.2) is 0 Å². The average Bonchev–Trinajstić information content (AvgIpc) is 3.22. The average molecular weight is 413 g/mol. The minimum absolute atomic E-state index is 0.114. The Hall–Kier alpha value is -2.73. The summed E-state index contributed by atoms with van der Waals surface area (Å²) in [4.78, 5) is 17.0. The van der Waals surface area contributed by atoms with E-state index in [1.807, 2.05) is 50.4 Å². The van der Waals surface area contributed by atoms with E-state index < -0.39 is 0 Å². The molecule has 0 spiro atoms. The molecule has 0 N–H and O–H groups in total. The number of ether oxygens (including phenoxy) is 3. The Balaban J connectivity index is 1.63. The van der Waals surface area contributed by atoms with Crippen LogP contribution < -0.4 is 14.2 Å². The minimum atomic E-state index is 0.114. The molecule has 2 aromatic rings. The van der Waals surface area contributed by atoms with E-state index in [1.54, 1.807) is 19.1 Å². The fraction of sp³-hybridized carbons (Fsp3) is 0.458. The van der Waals surface area contributed by atoms with E-state index in [0.717, 1.165) is 47.8 Å². The lowest BCUT2D eigenvalue weighted by Crippen LogP contribution is -2.37. The van der Waals surface area contributed by atoms with Gasteiger partial charge in [0.2, 0.25) is 5.91 Å². The SMILES string of the molecule is CCOc1ccc(CN(C)C(=O)CN2CCCC2c2ccc(OC)cc2OC)cc1. The molecule has 6 nitrogen and oxygen atoms in total. The zero-order valence-electron chi connectivity index (χ0n) is 18.4. The summed E-state index contributed by atoms with van der Waals surface area (Å²) in [5.41, 5.74) is 2.20. The van der Waals surface area contributed by atoms with E-state index in [9.17, 15) is 4.79 Å². The van der Waals surface area contributed by atoms with Crippen molar-refractivity contribution in [2.75, 3.05) is 41.0 Å². The third kappa shape index (κ3) is 5.25. The van der Waals surface area contributed by atoms with Crippen molar-refractivity contribution in [3.63, 3.8) is 0 Å². The first kappa shape index (κ1) is 22.0. The van der Waals surface area contributed by atoms with Gasteiger partial charge in [-0.1, -0.05) is 18.2 Å². The van der Waals surface area contributed by atoms with Gasteiger partial charge in [0.05, 0.1) is 27.4 Å². The van der Waals surface area contributed by atoms with Gasteiger partial charge >= 0.3 is 0 Å². The fourth-order valence-corrected chi connectivity index (χ4v) is 3.98. The quantitative estimate of drug-likeness (QED) is 0.625. The predicted octanol–water partition coefficient (Wildman–Crippen LogP) is 3.90. The molecule has 1 unspecified atom stereocenters. The Morgan fingerprint density at radius 1 is 1.10 bits per heavy atom. The molecule has 1 aliphatic rings. The largest absolute Gasteiger partial charge is 0.497 e. The van der Waals surface area contributed by atoms with Gasteiger partial charge < -0.3 is 19.1 Å². The van der Waals surface area contributed by atoms with E-state index >= 15 is 0 Å². The number of hydrogen-bond acceptors (Lipinski definition) is 5. The standard InChI is InChI=1S/C24H32N2O4/c1-5-30-19-10-8-18(9-11-19)16-25(2)24(27)17-26-14-6-7-22(26)21-13-12-20(28-3)15-23(21)29-4/h8-13,15,22H,5-7,14,16-17H2,1-4H3. The summed E-state index contributed by atoms with van der Waals surface area (Å²) in [6.45, 7) is 4.49. The first-order valence-corrected chi connectivity index (χ1v) is 10.5. The highest BCUT2D eigenvalue weighted by atomic mass is 16.5. The number of benzene rings is 2. The molecular formula is C24H32N2O4. The Morgan fingerprint density at radius 2 is 1.83 bits per heavy atom. The van der Waals surface area contributed by atoms with Crippen molar-refractivity contribution in [3.8, 4) is 17.2 Å². The summed E-state index contributed by atoms with van der Waals surface area (Å²) >= 11 is 0. The van der Waals surface area contributed by atoms with Crippen molar-refractivity contribution in [3.05, 3.63) is 53.6 Å². The number of amides is 1. The van der Waals surface area contributed by atoms with E-state index in [4.69, 9.17) is 14.2 Å². The molecule has 1 heterocycles. The third-order valence-corrected chi connectivity index (χ3v) is 5.58. The topological polar surface area (TPSA) is 51.2 Å². The van der Waals surface area contributed by atoms with Gasteiger partial charge in [0, 0.05) is 31.3 Å². The second kappa shape index (κ2) is 10.3. The van der Waals surface area contributed by atoms with Crippen LogP contribution in [0.4, 0.5) is 0 Å². The van der Waals surface area contributed by atoms with E-state index in [1.165, 1.54) is 0 Å². The van der Waals surface area contributed by atoms with Crippen LogP contribution in [-0.2, 0) is 11.3 Å². The lowest BCUT2D eigenvalue weighted by Gasteiger charge is -2.28. The van der Waals surface area contributed by atoms with Gasteiger partial charge in [-0.05, 0) is 50.1 Å². The van der Waals surface area contributed by atoms with Crippen LogP contribution in [0.5, 0.6) is 17.2 Å². The highest BCUT2D eigenvalue weighted by Crippen LogP contribution is 2.38. The Bertz CT molecular complexity index is 838. The van der Waals surface area contributed by atoms with Crippen molar-refractivity contribution in [2.24, 2.45) is 0 Å². The number of methoxy groups -OCH3 is 2. The molecule has 0 aromatic heterocycles. The summed E-state index contributed by atoms with van der Waals surface area (Å²) in [6.07, 6.45) is 2.08. The molecule has 0 radical (unpaired) electrons. The Kier molecular flexibility index (Phi) is 7.57. The Labute approximate surface area is 179 Å². The second-order valence-corrected chi connectivity index (χ2v) is 7.56. The minimum Gasteiger partial charge on any atom is -0.497 e. The maximum absolute atomic E-state index is 12.9. The molecule has 1 fully saturated rings. The molecule has 162 valence electrons. The zero-order chi connectivity index (χ0) is 21.5. The molecule has 1 saturated heterocycles. The summed E-state index contributed by atoms with van der Waals surface area (Å²) < 4.78 is 16.4. The van der Waals surface area contributed by atoms with Crippen molar-refractivity contribution < 1.29 is 19.0 Å². The van der Waals surface area contributed by atoms with E-state index in [-0.39, 0.29) is 11.9 Å². The van der Waals surface area contributed by atoms with Crippen LogP contribution in [0.1, 0.15) is 36.9 Å². The summed E-state index contributed by atoms with van der Waals surface area (Å²) in [5.74, 6) is 2.54. The Morgan fingerprint density at radius 3 is 2.50 bits per heavy atom. The molecule has 1 amide bonds. The van der Waals surface area contributed by atoms with E-state index in [2.05, 4.69) is 11.0 Å². The van der Waals surface area contributed by atoms with Gasteiger partial charge in [-0.15, -0.1) is 0 Å². The molecule has 1 aliphatic heterocycles. The molecule has 6 heteroatoms. The van der Waals surface area contributed by atoms with E-state index in [0.29, 0.717) is 19.7 Å². The highest BCUT2D eigenvalue weighted by Gasteiger charge is 2.30. The molecule has 3 rings (SSSR count). The van der Waals surface area contributed by atoms with Crippen molar-refractivity contribution in [1.29, 1.82) is 0 Å². The predicted molar refractivity (Wildman–Crippen MR) is 117 cm³/mol. The number of carbonyl (C=O) groups excluding carboxylic acids is 1. The van der Waals surface area contributed by atoms with Crippen LogP contribution in [0.2, 0.25) is 0 Å². The number of carbonyl (C=O) groups is 1. The first-order chi connectivity index (χ1) is 14.5. The lowest BCUT2D eigenvalue weighted by atomic mass is 10.0. The maximum atomic E-state index is 12.9. The van der Waals surface area contributed by atoms with Crippen LogP contribution in [0, 0.1) is 0 Å². The summed E-state index contributed by atoms with van der Waals surface area (Å²) in [7, 11) is 5.18. The molecule has 2 aromatic carbocycles. The van der Waals surface area contributed by atoms with Gasteiger partial charge in [-0.2, -0.15) is 0 Å². The number of likely N-dealkylation sites (tertiary alicyclic amines) is 1. The van der Waals surface area contributed by atoms with Crippen molar-refractivity contribution >= 4 is 5.91 Å². The third-order valence-electron chi connectivity index (χ3n) is 5.58. The molecule has 0 saturated carbocycles. The number of likely N-dealkylation sites (N-methyl/N-ethyl adjacent to an activating group) is 1. The van der Waals surface area contributed by atoms with Crippen LogP contribution >= 0.6 is 0 Å². The normalized spacial score (nSPS) is 16.3. The number of hydrogen-bond donors (Lipinski definition) is 0. The van der Waals surface area contributed by atoms with Gasteiger partial charge in [0.25, 0.3) is 0 Å². The van der Waals surface area contributed by atoms with Gasteiger partial charge in [-0.3, -0.25) is 9.69 Å². The van der Waals surface area contributed by atoms with Crippen LogP contribution in [0.25, 0.3) is 0 Å².